The highest BCUT2D eigenvalue weighted by molar-refractivity contribution is 9.10. The first-order valence-electron chi connectivity index (χ1n) is 5.92. The lowest BCUT2D eigenvalue weighted by molar-refractivity contribution is -0.385. The monoisotopic (exact) mass is 350 g/mol. The maximum absolute atomic E-state index is 12.3. The largest absolute Gasteiger partial charge is 0.490 e. The number of carbonyl (C=O) groups excluding carboxylic acids is 1. The van der Waals surface area contributed by atoms with Gasteiger partial charge in [-0.1, -0.05) is 18.2 Å². The smallest absolute Gasteiger partial charge is 0.311 e. The van der Waals surface area contributed by atoms with Gasteiger partial charge < -0.3 is 10.1 Å². The fraction of sp³-hybridized carbons (Fsp3) is 0.0714. The second-order valence-electron chi connectivity index (χ2n) is 4.05. The van der Waals surface area contributed by atoms with Crippen LogP contribution in [0.1, 0.15) is 10.4 Å². The molecular formula is C14H11BrN2O4. The van der Waals surface area contributed by atoms with E-state index in [4.69, 9.17) is 4.74 Å². The zero-order valence-electron chi connectivity index (χ0n) is 11.0. The number of nitrogens with zero attached hydrogens (tertiary/aromatic N) is 1. The minimum absolute atomic E-state index is 0.0629. The lowest BCUT2D eigenvalue weighted by Crippen LogP contribution is -2.14. The van der Waals surface area contributed by atoms with Crippen LogP contribution in [0.4, 0.5) is 11.4 Å². The summed E-state index contributed by atoms with van der Waals surface area (Å²) < 4.78 is 5.72. The quantitative estimate of drug-likeness (QED) is 0.674. The predicted octanol–water partition coefficient (Wildman–Crippen LogP) is 3.62. The van der Waals surface area contributed by atoms with Crippen LogP contribution in [0.5, 0.6) is 5.75 Å². The maximum atomic E-state index is 12.3. The fourth-order valence-electron chi connectivity index (χ4n) is 1.81. The third-order valence-electron chi connectivity index (χ3n) is 2.76. The molecule has 0 aliphatic carbocycles. The van der Waals surface area contributed by atoms with Crippen LogP contribution in [0.3, 0.4) is 0 Å². The number of halogens is 1. The second kappa shape index (κ2) is 6.36. The number of nitro groups is 1. The Hall–Kier alpha value is -2.41. The molecule has 0 unspecified atom stereocenters. The van der Waals surface area contributed by atoms with E-state index in [9.17, 15) is 14.9 Å². The number of para-hydroxylation sites is 2. The SMILES string of the molecule is COc1c(C(=O)Nc2ccccc2Br)cccc1[N+](=O)[O-]. The van der Waals surface area contributed by atoms with Gasteiger partial charge in [-0.05, 0) is 34.1 Å². The molecule has 0 radical (unpaired) electrons. The van der Waals surface area contributed by atoms with E-state index in [0.717, 1.165) is 0 Å². The van der Waals surface area contributed by atoms with Crippen molar-refractivity contribution in [3.05, 3.63) is 62.6 Å². The standard InChI is InChI=1S/C14H11BrN2O4/c1-21-13-9(5-4-8-12(13)17(19)20)14(18)16-11-7-3-2-6-10(11)15/h2-8H,1H3,(H,16,18). The van der Waals surface area contributed by atoms with Gasteiger partial charge in [0.25, 0.3) is 5.91 Å². The summed E-state index contributed by atoms with van der Waals surface area (Å²) in [6.45, 7) is 0. The molecule has 2 aromatic rings. The van der Waals surface area contributed by atoms with Gasteiger partial charge in [0.15, 0.2) is 0 Å². The highest BCUT2D eigenvalue weighted by atomic mass is 79.9. The molecule has 1 N–H and O–H groups in total. The molecule has 0 aliphatic rings. The van der Waals surface area contributed by atoms with E-state index in [2.05, 4.69) is 21.2 Å². The highest BCUT2D eigenvalue weighted by Gasteiger charge is 2.22. The summed E-state index contributed by atoms with van der Waals surface area (Å²) in [4.78, 5) is 22.7. The number of rotatable bonds is 4. The number of anilines is 1. The van der Waals surface area contributed by atoms with Gasteiger partial charge in [0.1, 0.15) is 0 Å². The number of hydrogen-bond donors (Lipinski definition) is 1. The van der Waals surface area contributed by atoms with Gasteiger partial charge in [-0.25, -0.2) is 0 Å². The molecule has 1 amide bonds. The van der Waals surface area contributed by atoms with E-state index in [0.29, 0.717) is 10.2 Å². The lowest BCUT2D eigenvalue weighted by Gasteiger charge is -2.10. The average molecular weight is 351 g/mol. The molecule has 0 saturated carbocycles. The molecule has 2 rings (SSSR count). The van der Waals surface area contributed by atoms with Crippen LogP contribution < -0.4 is 10.1 Å². The first-order valence-corrected chi connectivity index (χ1v) is 6.71. The van der Waals surface area contributed by atoms with Crippen LogP contribution in [-0.2, 0) is 0 Å². The number of amides is 1. The van der Waals surface area contributed by atoms with Crippen molar-refractivity contribution in [2.75, 3.05) is 12.4 Å². The fourth-order valence-corrected chi connectivity index (χ4v) is 2.20. The molecule has 0 atom stereocenters. The summed E-state index contributed by atoms with van der Waals surface area (Å²) in [5.41, 5.74) is 0.413. The molecule has 0 aliphatic heterocycles. The number of nitro benzene ring substituents is 1. The van der Waals surface area contributed by atoms with E-state index in [1.165, 1.54) is 25.3 Å². The molecule has 7 heteroatoms. The average Bonchev–Trinajstić information content (AvgIpc) is 2.48. The zero-order chi connectivity index (χ0) is 15.4. The summed E-state index contributed by atoms with van der Waals surface area (Å²) in [5.74, 6) is -0.547. The van der Waals surface area contributed by atoms with Gasteiger partial charge in [-0.3, -0.25) is 14.9 Å². The Balaban J connectivity index is 2.38. The van der Waals surface area contributed by atoms with E-state index in [-0.39, 0.29) is 17.0 Å². The van der Waals surface area contributed by atoms with Crippen LogP contribution in [0.2, 0.25) is 0 Å². The summed E-state index contributed by atoms with van der Waals surface area (Å²) in [5, 5.41) is 13.6. The van der Waals surface area contributed by atoms with E-state index in [1.54, 1.807) is 18.2 Å². The molecule has 0 heterocycles. The molecule has 0 aromatic heterocycles. The van der Waals surface area contributed by atoms with Crippen molar-refractivity contribution in [2.24, 2.45) is 0 Å². The summed E-state index contributed by atoms with van der Waals surface area (Å²) in [6.07, 6.45) is 0. The Kier molecular flexibility index (Phi) is 4.54. The van der Waals surface area contributed by atoms with Gasteiger partial charge in [-0.2, -0.15) is 0 Å². The van der Waals surface area contributed by atoms with Crippen molar-refractivity contribution in [2.45, 2.75) is 0 Å². The van der Waals surface area contributed by atoms with Crippen LogP contribution in [-0.4, -0.2) is 17.9 Å². The summed E-state index contributed by atoms with van der Waals surface area (Å²) >= 11 is 3.32. The van der Waals surface area contributed by atoms with Gasteiger partial charge in [0.05, 0.1) is 23.3 Å². The Bertz CT molecular complexity index is 703. The molecule has 0 spiro atoms. The van der Waals surface area contributed by atoms with Gasteiger partial charge in [0.2, 0.25) is 5.75 Å². The van der Waals surface area contributed by atoms with E-state index < -0.39 is 10.8 Å². The lowest BCUT2D eigenvalue weighted by atomic mass is 10.1. The summed E-state index contributed by atoms with van der Waals surface area (Å²) in [7, 11) is 1.29. The topological polar surface area (TPSA) is 81.5 Å². The molecule has 0 fully saturated rings. The number of ether oxygens (including phenoxy) is 1. The number of methoxy groups -OCH3 is 1. The zero-order valence-corrected chi connectivity index (χ0v) is 12.6. The second-order valence-corrected chi connectivity index (χ2v) is 4.90. The molecule has 0 saturated heterocycles. The van der Waals surface area contributed by atoms with Gasteiger partial charge >= 0.3 is 5.69 Å². The van der Waals surface area contributed by atoms with Gasteiger partial charge in [0, 0.05) is 10.5 Å². The maximum Gasteiger partial charge on any atom is 0.311 e. The number of hydrogen-bond acceptors (Lipinski definition) is 4. The molecular weight excluding hydrogens is 340 g/mol. The minimum Gasteiger partial charge on any atom is -0.490 e. The summed E-state index contributed by atoms with van der Waals surface area (Å²) in [6, 6.07) is 11.3. The third-order valence-corrected chi connectivity index (χ3v) is 3.45. The van der Waals surface area contributed by atoms with Crippen molar-refractivity contribution < 1.29 is 14.5 Å². The Morgan fingerprint density at radius 2 is 1.95 bits per heavy atom. The normalized spacial score (nSPS) is 10.0. The number of benzene rings is 2. The van der Waals surface area contributed by atoms with Crippen molar-refractivity contribution in [3.63, 3.8) is 0 Å². The van der Waals surface area contributed by atoms with Crippen molar-refractivity contribution >= 4 is 33.2 Å². The van der Waals surface area contributed by atoms with Crippen molar-refractivity contribution in [1.29, 1.82) is 0 Å². The molecule has 6 nitrogen and oxygen atoms in total. The van der Waals surface area contributed by atoms with Crippen LogP contribution >= 0.6 is 15.9 Å². The highest BCUT2D eigenvalue weighted by Crippen LogP contribution is 2.31. The first kappa shape index (κ1) is 15.0. The van der Waals surface area contributed by atoms with Gasteiger partial charge in [-0.15, -0.1) is 0 Å². The first-order chi connectivity index (χ1) is 10.0. The van der Waals surface area contributed by atoms with Crippen LogP contribution in [0, 0.1) is 10.1 Å². The van der Waals surface area contributed by atoms with E-state index >= 15 is 0 Å². The van der Waals surface area contributed by atoms with E-state index in [1.807, 2.05) is 6.07 Å². The molecule has 21 heavy (non-hydrogen) atoms. The molecule has 0 bridgehead atoms. The van der Waals surface area contributed by atoms with Crippen LogP contribution in [0.15, 0.2) is 46.9 Å². The Morgan fingerprint density at radius 3 is 2.57 bits per heavy atom. The number of carbonyl (C=O) groups is 1. The molecule has 108 valence electrons. The Morgan fingerprint density at radius 1 is 1.24 bits per heavy atom. The number of nitrogens with one attached hydrogen (secondary N) is 1. The predicted molar refractivity (Wildman–Crippen MR) is 81.7 cm³/mol. The van der Waals surface area contributed by atoms with Crippen LogP contribution in [0.25, 0.3) is 0 Å². The molecule has 2 aromatic carbocycles. The minimum atomic E-state index is -0.589. The van der Waals surface area contributed by atoms with Crippen molar-refractivity contribution in [1.82, 2.24) is 0 Å². The van der Waals surface area contributed by atoms with Crippen molar-refractivity contribution in [3.8, 4) is 5.75 Å². The third kappa shape index (κ3) is 3.19. The Labute approximate surface area is 129 Å².